The highest BCUT2D eigenvalue weighted by Crippen LogP contribution is 2.35. The number of rotatable bonds is 9. The summed E-state index contributed by atoms with van der Waals surface area (Å²) in [5, 5.41) is 3.40. The largest absolute Gasteiger partial charge is 0.493 e. The second-order valence-corrected chi connectivity index (χ2v) is 5.36. The number of fused-ring (bicyclic) bond motifs is 1. The van der Waals surface area contributed by atoms with Crippen LogP contribution in [-0.4, -0.2) is 40.6 Å². The van der Waals surface area contributed by atoms with Crippen molar-refractivity contribution in [2.24, 2.45) is 0 Å². The van der Waals surface area contributed by atoms with E-state index in [9.17, 15) is 0 Å². The maximum atomic E-state index is 5.96. The van der Waals surface area contributed by atoms with Gasteiger partial charge in [0.2, 0.25) is 0 Å². The molecular formula is C17H27NO3. The third-order valence-electron chi connectivity index (χ3n) is 3.94. The van der Waals surface area contributed by atoms with E-state index in [0.717, 1.165) is 25.2 Å². The highest BCUT2D eigenvalue weighted by molar-refractivity contribution is 5.43. The van der Waals surface area contributed by atoms with Crippen molar-refractivity contribution in [3.8, 4) is 5.75 Å². The van der Waals surface area contributed by atoms with Gasteiger partial charge in [-0.3, -0.25) is 0 Å². The molecule has 1 aromatic carbocycles. The number of methoxy groups -OCH3 is 1. The van der Waals surface area contributed by atoms with Crippen molar-refractivity contribution in [3.63, 3.8) is 0 Å². The summed E-state index contributed by atoms with van der Waals surface area (Å²) < 4.78 is 16.3. The van der Waals surface area contributed by atoms with Crippen LogP contribution in [0.3, 0.4) is 0 Å². The Bertz CT molecular complexity index is 422. The third kappa shape index (κ3) is 4.70. The summed E-state index contributed by atoms with van der Waals surface area (Å²) in [6.07, 6.45) is 4.45. The summed E-state index contributed by atoms with van der Waals surface area (Å²) in [4.78, 5) is 0. The molecule has 0 radical (unpaired) electrons. The fraction of sp³-hybridized carbons (Fsp3) is 0.647. The summed E-state index contributed by atoms with van der Waals surface area (Å²) in [6, 6.07) is 6.87. The molecule has 4 nitrogen and oxygen atoms in total. The van der Waals surface area contributed by atoms with E-state index in [1.807, 2.05) is 7.05 Å². The molecule has 0 bridgehead atoms. The highest BCUT2D eigenvalue weighted by Gasteiger charge is 2.21. The van der Waals surface area contributed by atoms with Gasteiger partial charge in [-0.15, -0.1) is 0 Å². The quantitative estimate of drug-likeness (QED) is 0.711. The van der Waals surface area contributed by atoms with E-state index in [-0.39, 0.29) is 0 Å². The van der Waals surface area contributed by atoms with Crippen molar-refractivity contribution in [2.75, 3.05) is 40.6 Å². The lowest BCUT2D eigenvalue weighted by Gasteiger charge is -2.26. The second kappa shape index (κ2) is 9.03. The maximum Gasteiger partial charge on any atom is 0.122 e. The summed E-state index contributed by atoms with van der Waals surface area (Å²) in [5.41, 5.74) is 2.78. The van der Waals surface area contributed by atoms with Gasteiger partial charge in [0, 0.05) is 26.2 Å². The van der Waals surface area contributed by atoms with E-state index in [4.69, 9.17) is 14.2 Å². The van der Waals surface area contributed by atoms with Crippen molar-refractivity contribution in [3.05, 3.63) is 29.3 Å². The van der Waals surface area contributed by atoms with E-state index in [1.54, 1.807) is 7.11 Å². The van der Waals surface area contributed by atoms with Gasteiger partial charge in [0.05, 0.1) is 19.8 Å². The minimum Gasteiger partial charge on any atom is -0.493 e. The predicted octanol–water partition coefficient (Wildman–Crippen LogP) is 2.72. The molecule has 1 aromatic rings. The van der Waals surface area contributed by atoms with Crippen LogP contribution < -0.4 is 10.1 Å². The first-order valence-electron chi connectivity index (χ1n) is 7.85. The van der Waals surface area contributed by atoms with Gasteiger partial charge in [-0.1, -0.05) is 12.1 Å². The lowest BCUT2D eigenvalue weighted by molar-refractivity contribution is 0.0643. The first-order chi connectivity index (χ1) is 10.4. The molecule has 21 heavy (non-hydrogen) atoms. The SMILES string of the molecule is CNC1CCCc2c(OCCCOCCOC)cccc21. The Balaban J connectivity index is 1.81. The Morgan fingerprint density at radius 1 is 1.19 bits per heavy atom. The molecule has 1 aliphatic carbocycles. The minimum atomic E-state index is 0.467. The molecule has 1 atom stereocenters. The third-order valence-corrected chi connectivity index (χ3v) is 3.94. The van der Waals surface area contributed by atoms with E-state index in [1.165, 1.54) is 24.0 Å². The number of nitrogens with one attached hydrogen (secondary N) is 1. The topological polar surface area (TPSA) is 39.7 Å². The highest BCUT2D eigenvalue weighted by atomic mass is 16.5. The van der Waals surface area contributed by atoms with E-state index >= 15 is 0 Å². The Hall–Kier alpha value is -1.10. The van der Waals surface area contributed by atoms with Gasteiger partial charge < -0.3 is 19.5 Å². The number of hydrogen-bond acceptors (Lipinski definition) is 4. The van der Waals surface area contributed by atoms with Gasteiger partial charge in [0.1, 0.15) is 5.75 Å². The molecule has 0 aliphatic heterocycles. The zero-order chi connectivity index (χ0) is 14.9. The van der Waals surface area contributed by atoms with E-state index in [0.29, 0.717) is 25.9 Å². The van der Waals surface area contributed by atoms with Crippen LogP contribution in [-0.2, 0) is 15.9 Å². The van der Waals surface area contributed by atoms with Crippen LogP contribution in [0, 0.1) is 0 Å². The van der Waals surface area contributed by atoms with Gasteiger partial charge in [0.25, 0.3) is 0 Å². The van der Waals surface area contributed by atoms with Crippen molar-refractivity contribution in [1.29, 1.82) is 0 Å². The lowest BCUT2D eigenvalue weighted by Crippen LogP contribution is -2.22. The molecular weight excluding hydrogens is 266 g/mol. The molecule has 1 unspecified atom stereocenters. The molecule has 0 heterocycles. The average Bonchev–Trinajstić information content (AvgIpc) is 2.53. The minimum absolute atomic E-state index is 0.467. The molecule has 0 saturated carbocycles. The molecule has 0 fully saturated rings. The zero-order valence-corrected chi connectivity index (χ0v) is 13.2. The van der Waals surface area contributed by atoms with Crippen LogP contribution >= 0.6 is 0 Å². The summed E-state index contributed by atoms with van der Waals surface area (Å²) in [7, 11) is 3.72. The summed E-state index contributed by atoms with van der Waals surface area (Å²) in [5.74, 6) is 1.05. The lowest BCUT2D eigenvalue weighted by atomic mass is 9.87. The predicted molar refractivity (Wildman–Crippen MR) is 84.0 cm³/mol. The van der Waals surface area contributed by atoms with Crippen molar-refractivity contribution in [2.45, 2.75) is 31.7 Å². The number of ether oxygens (including phenoxy) is 3. The molecule has 0 aromatic heterocycles. The van der Waals surface area contributed by atoms with Crippen LogP contribution in [0.5, 0.6) is 5.75 Å². The van der Waals surface area contributed by atoms with Crippen molar-refractivity contribution in [1.82, 2.24) is 5.32 Å². The van der Waals surface area contributed by atoms with Crippen LogP contribution in [0.1, 0.15) is 36.4 Å². The Kier molecular flexibility index (Phi) is 7.00. The molecule has 2 rings (SSSR count). The Morgan fingerprint density at radius 2 is 2.10 bits per heavy atom. The van der Waals surface area contributed by atoms with Gasteiger partial charge in [-0.05, 0) is 43.5 Å². The number of hydrogen-bond donors (Lipinski definition) is 1. The van der Waals surface area contributed by atoms with Crippen LogP contribution in [0.25, 0.3) is 0 Å². The Labute approximate surface area is 127 Å². The fourth-order valence-electron chi connectivity index (χ4n) is 2.84. The van der Waals surface area contributed by atoms with E-state index in [2.05, 4.69) is 23.5 Å². The zero-order valence-electron chi connectivity index (χ0n) is 13.2. The maximum absolute atomic E-state index is 5.96. The van der Waals surface area contributed by atoms with Crippen molar-refractivity contribution >= 4 is 0 Å². The van der Waals surface area contributed by atoms with Crippen LogP contribution in [0.4, 0.5) is 0 Å². The standard InChI is InChI=1S/C17H27NO3/c1-18-16-8-3-7-15-14(16)6-4-9-17(15)21-11-5-10-20-13-12-19-2/h4,6,9,16,18H,3,5,7-8,10-13H2,1-2H3. The first kappa shape index (κ1) is 16.3. The van der Waals surface area contributed by atoms with Gasteiger partial charge in [-0.25, -0.2) is 0 Å². The first-order valence-corrected chi connectivity index (χ1v) is 7.85. The molecule has 1 N–H and O–H groups in total. The van der Waals surface area contributed by atoms with Crippen LogP contribution in [0.2, 0.25) is 0 Å². The van der Waals surface area contributed by atoms with Crippen LogP contribution in [0.15, 0.2) is 18.2 Å². The van der Waals surface area contributed by atoms with E-state index < -0.39 is 0 Å². The number of benzene rings is 1. The molecule has 0 spiro atoms. The second-order valence-electron chi connectivity index (χ2n) is 5.36. The Morgan fingerprint density at radius 3 is 2.90 bits per heavy atom. The summed E-state index contributed by atoms with van der Waals surface area (Å²) in [6.45, 7) is 2.73. The van der Waals surface area contributed by atoms with Gasteiger partial charge >= 0.3 is 0 Å². The normalized spacial score (nSPS) is 17.5. The monoisotopic (exact) mass is 293 g/mol. The van der Waals surface area contributed by atoms with Gasteiger partial charge in [0.15, 0.2) is 0 Å². The molecule has 0 saturated heterocycles. The molecule has 4 heteroatoms. The smallest absolute Gasteiger partial charge is 0.122 e. The van der Waals surface area contributed by atoms with Crippen molar-refractivity contribution < 1.29 is 14.2 Å². The molecule has 1 aliphatic rings. The average molecular weight is 293 g/mol. The molecule has 0 amide bonds. The van der Waals surface area contributed by atoms with Gasteiger partial charge in [-0.2, -0.15) is 0 Å². The molecule has 118 valence electrons. The fourth-order valence-corrected chi connectivity index (χ4v) is 2.84. The summed E-state index contributed by atoms with van der Waals surface area (Å²) >= 11 is 0.